The molecule has 5 nitrogen and oxygen atoms in total. The fraction of sp³-hybridized carbons (Fsp3) is 0.0870. The van der Waals surface area contributed by atoms with Crippen LogP contribution in [-0.4, -0.2) is 22.7 Å². The van der Waals surface area contributed by atoms with Gasteiger partial charge in [0.2, 0.25) is 5.91 Å². The van der Waals surface area contributed by atoms with Crippen LogP contribution in [0.5, 0.6) is 0 Å². The first-order valence-corrected chi connectivity index (χ1v) is 11.2. The Kier molecular flexibility index (Phi) is 6.11. The Morgan fingerprint density at radius 3 is 2.60 bits per heavy atom. The number of para-hydroxylation sites is 2. The van der Waals surface area contributed by atoms with Crippen molar-refractivity contribution in [2.45, 2.75) is 6.92 Å². The average molecular weight is 434 g/mol. The van der Waals surface area contributed by atoms with Gasteiger partial charge in [-0.15, -0.1) is 11.3 Å². The van der Waals surface area contributed by atoms with Crippen LogP contribution in [0.3, 0.4) is 0 Å². The van der Waals surface area contributed by atoms with Gasteiger partial charge in [-0.25, -0.2) is 4.99 Å². The van der Waals surface area contributed by atoms with Crippen LogP contribution in [0.15, 0.2) is 82.8 Å². The molecule has 0 saturated heterocycles. The third-order valence-corrected chi connectivity index (χ3v) is 6.18. The first-order chi connectivity index (χ1) is 14.6. The predicted molar refractivity (Wildman–Crippen MR) is 126 cm³/mol. The molecule has 7 heteroatoms. The SMILES string of the molecule is Cc1ccccc1NC(=O)CSC1=N/C(=C\c2cccs2)C(=O)N1c1ccccc1. The van der Waals surface area contributed by atoms with E-state index >= 15 is 0 Å². The summed E-state index contributed by atoms with van der Waals surface area (Å²) in [6, 6.07) is 20.8. The number of rotatable bonds is 5. The van der Waals surface area contributed by atoms with E-state index in [-0.39, 0.29) is 17.6 Å². The number of amidine groups is 1. The predicted octanol–water partition coefficient (Wildman–Crippen LogP) is 5.17. The van der Waals surface area contributed by atoms with Crippen LogP contribution >= 0.6 is 23.1 Å². The summed E-state index contributed by atoms with van der Waals surface area (Å²) < 4.78 is 0. The number of amides is 2. The first kappa shape index (κ1) is 20.1. The van der Waals surface area contributed by atoms with Crippen molar-refractivity contribution in [3.63, 3.8) is 0 Å². The minimum atomic E-state index is -0.198. The van der Waals surface area contributed by atoms with E-state index in [1.165, 1.54) is 11.8 Å². The number of anilines is 2. The number of thioether (sulfide) groups is 1. The third-order valence-electron chi connectivity index (χ3n) is 4.42. The lowest BCUT2D eigenvalue weighted by atomic mass is 10.2. The van der Waals surface area contributed by atoms with Gasteiger partial charge in [-0.3, -0.25) is 14.5 Å². The maximum atomic E-state index is 13.1. The van der Waals surface area contributed by atoms with Crippen LogP contribution in [0.1, 0.15) is 10.4 Å². The zero-order chi connectivity index (χ0) is 20.9. The molecule has 0 bridgehead atoms. The van der Waals surface area contributed by atoms with Gasteiger partial charge >= 0.3 is 0 Å². The lowest BCUT2D eigenvalue weighted by Gasteiger charge is -2.17. The molecule has 1 N–H and O–H groups in total. The van der Waals surface area contributed by atoms with Gasteiger partial charge in [0.25, 0.3) is 5.91 Å². The van der Waals surface area contributed by atoms with Crippen LogP contribution < -0.4 is 10.2 Å². The number of carbonyl (C=O) groups excluding carboxylic acids is 2. The normalized spacial score (nSPS) is 14.8. The number of aliphatic imine (C=N–C) groups is 1. The molecule has 0 atom stereocenters. The molecule has 4 rings (SSSR count). The minimum absolute atomic E-state index is 0.145. The number of aryl methyl sites for hydroxylation is 1. The molecule has 1 aliphatic rings. The highest BCUT2D eigenvalue weighted by atomic mass is 32.2. The van der Waals surface area contributed by atoms with Gasteiger partial charge < -0.3 is 5.32 Å². The number of thiophene rings is 1. The van der Waals surface area contributed by atoms with E-state index in [4.69, 9.17) is 0 Å². The second-order valence-electron chi connectivity index (χ2n) is 6.57. The standard InChI is InChI=1S/C23H19N3O2S2/c1-16-8-5-6-12-19(16)24-21(27)15-30-23-25-20(14-18-11-7-13-29-18)22(28)26(23)17-9-3-2-4-10-17/h2-14H,15H2,1H3,(H,24,27)/b20-14-. The highest BCUT2D eigenvalue weighted by Crippen LogP contribution is 2.30. The molecule has 0 spiro atoms. The second kappa shape index (κ2) is 9.11. The summed E-state index contributed by atoms with van der Waals surface area (Å²) in [5.74, 6) is -0.194. The number of hydrogen-bond acceptors (Lipinski definition) is 5. The second-order valence-corrected chi connectivity index (χ2v) is 8.49. The van der Waals surface area contributed by atoms with E-state index < -0.39 is 0 Å². The summed E-state index contributed by atoms with van der Waals surface area (Å²) in [6.45, 7) is 1.95. The van der Waals surface area contributed by atoms with Crippen molar-refractivity contribution >= 4 is 57.5 Å². The lowest BCUT2D eigenvalue weighted by Crippen LogP contribution is -2.31. The fourth-order valence-corrected chi connectivity index (χ4v) is 4.40. The molecule has 0 radical (unpaired) electrons. The summed E-state index contributed by atoms with van der Waals surface area (Å²) in [5.41, 5.74) is 2.87. The Hall–Kier alpha value is -3.16. The molecule has 1 aromatic heterocycles. The quantitative estimate of drug-likeness (QED) is 0.565. The van der Waals surface area contributed by atoms with E-state index in [0.29, 0.717) is 10.9 Å². The smallest absolute Gasteiger partial charge is 0.283 e. The average Bonchev–Trinajstić information content (AvgIpc) is 3.37. The molecule has 2 aromatic carbocycles. The molecule has 2 heterocycles. The number of nitrogens with one attached hydrogen (secondary N) is 1. The monoisotopic (exact) mass is 433 g/mol. The van der Waals surface area contributed by atoms with E-state index in [1.54, 1.807) is 22.3 Å². The number of carbonyl (C=O) groups is 2. The number of hydrogen-bond donors (Lipinski definition) is 1. The summed E-state index contributed by atoms with van der Waals surface area (Å²) in [4.78, 5) is 32.6. The van der Waals surface area contributed by atoms with Crippen molar-refractivity contribution in [2.24, 2.45) is 4.99 Å². The van der Waals surface area contributed by atoms with Crippen molar-refractivity contribution in [3.8, 4) is 0 Å². The Labute approximate surface area is 183 Å². The Bertz CT molecular complexity index is 1120. The molecule has 2 amide bonds. The summed E-state index contributed by atoms with van der Waals surface area (Å²) in [6.07, 6.45) is 1.78. The van der Waals surface area contributed by atoms with Crippen molar-refractivity contribution in [1.82, 2.24) is 0 Å². The van der Waals surface area contributed by atoms with E-state index in [0.717, 1.165) is 21.8 Å². The van der Waals surface area contributed by atoms with Crippen LogP contribution in [0, 0.1) is 6.92 Å². The highest BCUT2D eigenvalue weighted by molar-refractivity contribution is 8.14. The maximum absolute atomic E-state index is 13.1. The van der Waals surface area contributed by atoms with Crippen molar-refractivity contribution in [1.29, 1.82) is 0 Å². The molecule has 0 unspecified atom stereocenters. The van der Waals surface area contributed by atoms with Crippen LogP contribution in [-0.2, 0) is 9.59 Å². The molecule has 0 aliphatic carbocycles. The van der Waals surface area contributed by atoms with Crippen LogP contribution in [0.4, 0.5) is 11.4 Å². The van der Waals surface area contributed by atoms with E-state index in [2.05, 4.69) is 10.3 Å². The molecule has 150 valence electrons. The molecule has 30 heavy (non-hydrogen) atoms. The molecular weight excluding hydrogens is 414 g/mol. The third kappa shape index (κ3) is 4.53. The van der Waals surface area contributed by atoms with Gasteiger partial charge in [-0.2, -0.15) is 0 Å². The van der Waals surface area contributed by atoms with E-state index in [9.17, 15) is 9.59 Å². The van der Waals surface area contributed by atoms with Crippen molar-refractivity contribution in [2.75, 3.05) is 16.0 Å². The molecule has 0 fully saturated rings. The van der Waals surface area contributed by atoms with Gasteiger partial charge in [0.05, 0.1) is 11.4 Å². The Morgan fingerprint density at radius 2 is 1.87 bits per heavy atom. The topological polar surface area (TPSA) is 61.8 Å². The van der Waals surface area contributed by atoms with E-state index in [1.807, 2.05) is 79.0 Å². The highest BCUT2D eigenvalue weighted by Gasteiger charge is 2.32. The van der Waals surface area contributed by atoms with Crippen molar-refractivity contribution < 1.29 is 9.59 Å². The summed E-state index contributed by atoms with van der Waals surface area (Å²) in [5, 5.41) is 5.37. The Balaban J connectivity index is 1.54. The van der Waals surface area contributed by atoms with Gasteiger partial charge in [-0.1, -0.05) is 54.2 Å². The molecule has 3 aromatic rings. The summed E-state index contributed by atoms with van der Waals surface area (Å²) in [7, 11) is 0. The van der Waals surface area contributed by atoms with Gasteiger partial charge in [0, 0.05) is 10.6 Å². The summed E-state index contributed by atoms with van der Waals surface area (Å²) >= 11 is 2.79. The zero-order valence-electron chi connectivity index (χ0n) is 16.2. The molecular formula is C23H19N3O2S2. The molecule has 0 saturated carbocycles. The van der Waals surface area contributed by atoms with Gasteiger partial charge in [0.1, 0.15) is 5.70 Å². The minimum Gasteiger partial charge on any atom is -0.325 e. The van der Waals surface area contributed by atoms with Crippen LogP contribution in [0.25, 0.3) is 6.08 Å². The largest absolute Gasteiger partial charge is 0.325 e. The number of nitrogens with zero attached hydrogens (tertiary/aromatic N) is 2. The zero-order valence-corrected chi connectivity index (χ0v) is 17.9. The Morgan fingerprint density at radius 1 is 1.10 bits per heavy atom. The fourth-order valence-electron chi connectivity index (χ4n) is 2.94. The van der Waals surface area contributed by atoms with Crippen LogP contribution in [0.2, 0.25) is 0 Å². The lowest BCUT2D eigenvalue weighted by molar-refractivity contribution is -0.114. The maximum Gasteiger partial charge on any atom is 0.283 e. The number of benzene rings is 2. The van der Waals surface area contributed by atoms with Gasteiger partial charge in [0.15, 0.2) is 5.17 Å². The van der Waals surface area contributed by atoms with Crippen molar-refractivity contribution in [3.05, 3.63) is 88.2 Å². The van der Waals surface area contributed by atoms with Gasteiger partial charge in [-0.05, 0) is 48.2 Å². The first-order valence-electron chi connectivity index (χ1n) is 9.33. The molecule has 1 aliphatic heterocycles.